The molecule has 0 radical (unpaired) electrons. The van der Waals surface area contributed by atoms with Crippen molar-refractivity contribution in [2.45, 2.75) is 13.0 Å². The molecule has 1 aliphatic rings. The molecule has 30 heavy (non-hydrogen) atoms. The zero-order valence-electron chi connectivity index (χ0n) is 17.1. The van der Waals surface area contributed by atoms with E-state index >= 15 is 0 Å². The van der Waals surface area contributed by atoms with Crippen LogP contribution < -0.4 is 15.0 Å². The molecule has 1 N–H and O–H groups in total. The highest BCUT2D eigenvalue weighted by molar-refractivity contribution is 7.09. The largest absolute Gasteiger partial charge is 0.496 e. The number of methoxy groups -OCH3 is 1. The minimum absolute atomic E-state index is 0.207. The number of carbonyl (C=O) groups is 1. The van der Waals surface area contributed by atoms with Crippen LogP contribution in [0.5, 0.6) is 5.75 Å². The van der Waals surface area contributed by atoms with Crippen molar-refractivity contribution in [2.24, 2.45) is 0 Å². The molecule has 0 saturated carbocycles. The average Bonchev–Trinajstić information content (AvgIpc) is 3.18. The van der Waals surface area contributed by atoms with Crippen LogP contribution in [0.1, 0.15) is 21.7 Å². The number of carbonyl (C=O) groups excluding carboxylic acids is 1. The van der Waals surface area contributed by atoms with Gasteiger partial charge in [-0.15, -0.1) is 11.3 Å². The van der Waals surface area contributed by atoms with Gasteiger partial charge in [0.1, 0.15) is 11.6 Å². The Morgan fingerprint density at radius 2 is 2.00 bits per heavy atom. The SMILES string of the molecule is COc1ccccc1C(=O)Nc1ccc(N2CCCN(Cc3cccs3)CC2)nc1. The average molecular weight is 423 g/mol. The topological polar surface area (TPSA) is 57.7 Å². The number of hydrogen-bond donors (Lipinski definition) is 1. The lowest BCUT2D eigenvalue weighted by molar-refractivity contribution is 0.102. The van der Waals surface area contributed by atoms with Crippen molar-refractivity contribution in [3.8, 4) is 5.75 Å². The van der Waals surface area contributed by atoms with Crippen LogP contribution in [-0.4, -0.2) is 49.1 Å². The zero-order chi connectivity index (χ0) is 20.8. The summed E-state index contributed by atoms with van der Waals surface area (Å²) in [5, 5.41) is 5.04. The zero-order valence-corrected chi connectivity index (χ0v) is 17.9. The van der Waals surface area contributed by atoms with E-state index in [1.54, 1.807) is 25.4 Å². The van der Waals surface area contributed by atoms with Crippen LogP contribution in [0.2, 0.25) is 0 Å². The van der Waals surface area contributed by atoms with E-state index in [4.69, 9.17) is 4.74 Å². The molecule has 4 rings (SSSR count). The van der Waals surface area contributed by atoms with Gasteiger partial charge in [0.05, 0.1) is 24.6 Å². The second kappa shape index (κ2) is 9.73. The van der Waals surface area contributed by atoms with Crippen molar-refractivity contribution < 1.29 is 9.53 Å². The maximum atomic E-state index is 12.6. The molecule has 0 spiro atoms. The Kier molecular flexibility index (Phi) is 6.61. The Hall–Kier alpha value is -2.90. The number of benzene rings is 1. The molecule has 3 aromatic rings. The van der Waals surface area contributed by atoms with Crippen molar-refractivity contribution in [1.82, 2.24) is 9.88 Å². The van der Waals surface area contributed by atoms with E-state index in [1.807, 2.05) is 35.6 Å². The number of aromatic nitrogens is 1. The van der Waals surface area contributed by atoms with Crippen LogP contribution in [0.4, 0.5) is 11.5 Å². The van der Waals surface area contributed by atoms with Crippen LogP contribution in [-0.2, 0) is 6.54 Å². The van der Waals surface area contributed by atoms with Crippen molar-refractivity contribution in [3.05, 3.63) is 70.5 Å². The molecule has 1 aliphatic heterocycles. The molecular weight excluding hydrogens is 396 g/mol. The van der Waals surface area contributed by atoms with Crippen LogP contribution >= 0.6 is 11.3 Å². The Bertz CT molecular complexity index is 960. The molecule has 1 aromatic carbocycles. The van der Waals surface area contributed by atoms with Gasteiger partial charge in [0.15, 0.2) is 0 Å². The number of thiophene rings is 1. The van der Waals surface area contributed by atoms with Gasteiger partial charge in [-0.05, 0) is 42.1 Å². The second-order valence-electron chi connectivity index (χ2n) is 7.26. The summed E-state index contributed by atoms with van der Waals surface area (Å²) in [5.41, 5.74) is 1.17. The fraction of sp³-hybridized carbons (Fsp3) is 0.304. The predicted octanol–water partition coefficient (Wildman–Crippen LogP) is 4.12. The highest BCUT2D eigenvalue weighted by Crippen LogP contribution is 2.21. The van der Waals surface area contributed by atoms with E-state index in [2.05, 4.69) is 37.6 Å². The summed E-state index contributed by atoms with van der Waals surface area (Å²) >= 11 is 1.82. The number of para-hydroxylation sites is 1. The monoisotopic (exact) mass is 422 g/mol. The molecule has 1 amide bonds. The Labute approximate surface area is 181 Å². The number of nitrogens with one attached hydrogen (secondary N) is 1. The Morgan fingerprint density at radius 3 is 2.77 bits per heavy atom. The summed E-state index contributed by atoms with van der Waals surface area (Å²) in [6.07, 6.45) is 2.83. The first-order valence-corrected chi connectivity index (χ1v) is 11.0. The third-order valence-electron chi connectivity index (χ3n) is 5.23. The molecule has 0 atom stereocenters. The fourth-order valence-electron chi connectivity index (χ4n) is 3.66. The number of nitrogens with zero attached hydrogens (tertiary/aromatic N) is 3. The summed E-state index contributed by atoms with van der Waals surface area (Å²) in [4.78, 5) is 23.4. The molecule has 3 heterocycles. The summed E-state index contributed by atoms with van der Waals surface area (Å²) in [6, 6.07) is 15.4. The van der Waals surface area contributed by atoms with Crippen LogP contribution in [0.25, 0.3) is 0 Å². The maximum absolute atomic E-state index is 12.6. The number of pyridine rings is 1. The Morgan fingerprint density at radius 1 is 1.10 bits per heavy atom. The lowest BCUT2D eigenvalue weighted by Gasteiger charge is -2.22. The van der Waals surface area contributed by atoms with Crippen LogP contribution in [0.15, 0.2) is 60.1 Å². The van der Waals surface area contributed by atoms with Crippen LogP contribution in [0.3, 0.4) is 0 Å². The van der Waals surface area contributed by atoms with Gasteiger partial charge in [-0.25, -0.2) is 4.98 Å². The number of anilines is 2. The van der Waals surface area contributed by atoms with Gasteiger partial charge in [0.25, 0.3) is 5.91 Å². The van der Waals surface area contributed by atoms with Crippen molar-refractivity contribution in [1.29, 1.82) is 0 Å². The van der Waals surface area contributed by atoms with Gasteiger partial charge in [-0.2, -0.15) is 0 Å². The number of ether oxygens (including phenoxy) is 1. The molecule has 0 bridgehead atoms. The standard InChI is InChI=1S/C23H26N4O2S/c1-29-21-8-3-2-7-20(21)23(28)25-18-9-10-22(24-16-18)27-12-5-11-26(13-14-27)17-19-6-4-15-30-19/h2-4,6-10,15-16H,5,11-14,17H2,1H3,(H,25,28). The molecule has 0 unspecified atom stereocenters. The summed E-state index contributed by atoms with van der Waals surface area (Å²) in [6.45, 7) is 5.08. The van der Waals surface area contributed by atoms with E-state index in [9.17, 15) is 4.79 Å². The highest BCUT2D eigenvalue weighted by atomic mass is 32.1. The molecule has 7 heteroatoms. The van der Waals surface area contributed by atoms with Gasteiger partial charge in [0.2, 0.25) is 0 Å². The van der Waals surface area contributed by atoms with E-state index < -0.39 is 0 Å². The van der Waals surface area contributed by atoms with Gasteiger partial charge in [-0.1, -0.05) is 18.2 Å². The van der Waals surface area contributed by atoms with E-state index in [0.29, 0.717) is 17.0 Å². The molecule has 1 fully saturated rings. The van der Waals surface area contributed by atoms with Gasteiger partial charge >= 0.3 is 0 Å². The quantitative estimate of drug-likeness (QED) is 0.648. The van der Waals surface area contributed by atoms with Crippen LogP contribution in [0, 0.1) is 0 Å². The third kappa shape index (κ3) is 4.98. The minimum Gasteiger partial charge on any atom is -0.496 e. The molecule has 156 valence electrons. The van der Waals surface area contributed by atoms with Crippen molar-refractivity contribution in [2.75, 3.05) is 43.5 Å². The molecule has 6 nitrogen and oxygen atoms in total. The van der Waals surface area contributed by atoms with Gasteiger partial charge in [0, 0.05) is 37.6 Å². The van der Waals surface area contributed by atoms with E-state index in [0.717, 1.165) is 45.0 Å². The molecule has 0 aliphatic carbocycles. The maximum Gasteiger partial charge on any atom is 0.259 e. The normalized spacial score (nSPS) is 14.9. The van der Waals surface area contributed by atoms with Gasteiger partial charge in [-0.3, -0.25) is 9.69 Å². The summed E-state index contributed by atoms with van der Waals surface area (Å²) in [7, 11) is 1.56. The predicted molar refractivity (Wildman–Crippen MR) is 122 cm³/mol. The molecule has 1 saturated heterocycles. The highest BCUT2D eigenvalue weighted by Gasteiger charge is 2.17. The van der Waals surface area contributed by atoms with Crippen molar-refractivity contribution in [3.63, 3.8) is 0 Å². The Balaban J connectivity index is 1.35. The molecule has 2 aromatic heterocycles. The second-order valence-corrected chi connectivity index (χ2v) is 8.29. The third-order valence-corrected chi connectivity index (χ3v) is 6.09. The lowest BCUT2D eigenvalue weighted by Crippen LogP contribution is -2.30. The van der Waals surface area contributed by atoms with E-state index in [1.165, 1.54) is 4.88 Å². The molecular formula is C23H26N4O2S. The fourth-order valence-corrected chi connectivity index (χ4v) is 4.40. The summed E-state index contributed by atoms with van der Waals surface area (Å²) < 4.78 is 5.27. The number of amides is 1. The smallest absolute Gasteiger partial charge is 0.259 e. The van der Waals surface area contributed by atoms with Crippen molar-refractivity contribution >= 4 is 28.7 Å². The number of rotatable bonds is 6. The first-order chi connectivity index (χ1) is 14.7. The van der Waals surface area contributed by atoms with Gasteiger partial charge < -0.3 is 15.0 Å². The van der Waals surface area contributed by atoms with E-state index in [-0.39, 0.29) is 5.91 Å². The first-order valence-electron chi connectivity index (χ1n) is 10.1. The summed E-state index contributed by atoms with van der Waals surface area (Å²) in [5.74, 6) is 1.29. The first kappa shape index (κ1) is 20.4. The lowest BCUT2D eigenvalue weighted by atomic mass is 10.2. The number of hydrogen-bond acceptors (Lipinski definition) is 6. The minimum atomic E-state index is -0.207.